The largest absolute Gasteiger partial charge is 0.352 e. The van der Waals surface area contributed by atoms with Crippen LogP contribution in [0, 0.1) is 5.82 Å². The molecule has 1 amide bonds. The number of nitrogens with one attached hydrogen (secondary N) is 2. The standard InChI is InChI=1S/C14H17FN2O/c1-2-9-16-13(18)10-17-14(7-8-14)11-5-3-4-6-12(11)15/h2-6,17H,1,7-10H2,(H,16,18). The number of carbonyl (C=O) groups excluding carboxylic acids is 1. The highest BCUT2D eigenvalue weighted by atomic mass is 19.1. The van der Waals surface area contributed by atoms with Gasteiger partial charge in [0.1, 0.15) is 5.82 Å². The second kappa shape index (κ2) is 5.31. The number of hydrogen-bond donors (Lipinski definition) is 2. The molecule has 0 aliphatic heterocycles. The van der Waals surface area contributed by atoms with Crippen molar-refractivity contribution in [1.82, 2.24) is 10.6 Å². The van der Waals surface area contributed by atoms with Crippen LogP contribution in [0.5, 0.6) is 0 Å². The van der Waals surface area contributed by atoms with Gasteiger partial charge >= 0.3 is 0 Å². The number of amides is 1. The normalized spacial score (nSPS) is 16.1. The van der Waals surface area contributed by atoms with Gasteiger partial charge in [0, 0.05) is 17.6 Å². The zero-order valence-corrected chi connectivity index (χ0v) is 10.2. The summed E-state index contributed by atoms with van der Waals surface area (Å²) in [6.07, 6.45) is 3.35. The second-order valence-electron chi connectivity index (χ2n) is 4.51. The highest BCUT2D eigenvalue weighted by molar-refractivity contribution is 5.78. The van der Waals surface area contributed by atoms with E-state index in [0.717, 1.165) is 12.8 Å². The minimum atomic E-state index is -0.350. The molecule has 4 heteroatoms. The smallest absolute Gasteiger partial charge is 0.234 e. The number of carbonyl (C=O) groups is 1. The summed E-state index contributed by atoms with van der Waals surface area (Å²) < 4.78 is 13.7. The van der Waals surface area contributed by atoms with Crippen molar-refractivity contribution in [2.24, 2.45) is 0 Å². The van der Waals surface area contributed by atoms with Crippen LogP contribution in [-0.2, 0) is 10.3 Å². The fraction of sp³-hybridized carbons (Fsp3) is 0.357. The second-order valence-corrected chi connectivity index (χ2v) is 4.51. The Morgan fingerprint density at radius 2 is 2.17 bits per heavy atom. The molecule has 1 aromatic rings. The maximum atomic E-state index is 13.7. The van der Waals surface area contributed by atoms with Gasteiger partial charge in [-0.1, -0.05) is 24.3 Å². The van der Waals surface area contributed by atoms with Gasteiger partial charge < -0.3 is 5.32 Å². The van der Waals surface area contributed by atoms with Crippen molar-refractivity contribution in [2.75, 3.05) is 13.1 Å². The zero-order valence-electron chi connectivity index (χ0n) is 10.2. The summed E-state index contributed by atoms with van der Waals surface area (Å²) in [6.45, 7) is 4.18. The summed E-state index contributed by atoms with van der Waals surface area (Å²) in [7, 11) is 0. The van der Waals surface area contributed by atoms with E-state index in [1.807, 2.05) is 6.07 Å². The van der Waals surface area contributed by atoms with E-state index in [1.54, 1.807) is 18.2 Å². The lowest BCUT2D eigenvalue weighted by Crippen LogP contribution is -2.39. The van der Waals surface area contributed by atoms with Gasteiger partial charge in [0.05, 0.1) is 6.54 Å². The first kappa shape index (κ1) is 12.8. The molecule has 1 aromatic carbocycles. The lowest BCUT2D eigenvalue weighted by atomic mass is 10.0. The van der Waals surface area contributed by atoms with Gasteiger partial charge in [0.25, 0.3) is 0 Å². The van der Waals surface area contributed by atoms with E-state index in [0.29, 0.717) is 12.1 Å². The molecule has 0 bridgehead atoms. The van der Waals surface area contributed by atoms with Crippen molar-refractivity contribution in [3.05, 3.63) is 48.3 Å². The Hall–Kier alpha value is -1.68. The first-order chi connectivity index (χ1) is 8.68. The average Bonchev–Trinajstić information content (AvgIpc) is 3.15. The fourth-order valence-electron chi connectivity index (χ4n) is 2.01. The van der Waals surface area contributed by atoms with Crippen LogP contribution in [0.1, 0.15) is 18.4 Å². The third-order valence-electron chi connectivity index (χ3n) is 3.17. The van der Waals surface area contributed by atoms with E-state index < -0.39 is 0 Å². The number of halogens is 1. The predicted octanol–water partition coefficient (Wildman–Crippen LogP) is 1.71. The third-order valence-corrected chi connectivity index (χ3v) is 3.17. The molecule has 0 unspecified atom stereocenters. The molecule has 0 radical (unpaired) electrons. The lowest BCUT2D eigenvalue weighted by Gasteiger charge is -2.18. The molecule has 3 nitrogen and oxygen atoms in total. The van der Waals surface area contributed by atoms with Crippen LogP contribution in [0.3, 0.4) is 0 Å². The molecule has 0 atom stereocenters. The Morgan fingerprint density at radius 3 is 2.78 bits per heavy atom. The monoisotopic (exact) mass is 248 g/mol. The summed E-state index contributed by atoms with van der Waals surface area (Å²) in [6, 6.07) is 6.72. The van der Waals surface area contributed by atoms with Crippen LogP contribution < -0.4 is 10.6 Å². The van der Waals surface area contributed by atoms with Crippen LogP contribution in [0.2, 0.25) is 0 Å². The third kappa shape index (κ3) is 2.76. The molecule has 1 aliphatic rings. The SMILES string of the molecule is C=CCNC(=O)CNC1(c2ccccc2F)CC1. The van der Waals surface area contributed by atoms with Gasteiger partial charge in [0.2, 0.25) is 5.91 Å². The van der Waals surface area contributed by atoms with Gasteiger partial charge in [-0.05, 0) is 18.9 Å². The number of rotatable bonds is 6. The number of benzene rings is 1. The van der Waals surface area contributed by atoms with Crippen LogP contribution in [0.25, 0.3) is 0 Å². The first-order valence-corrected chi connectivity index (χ1v) is 6.05. The van der Waals surface area contributed by atoms with E-state index >= 15 is 0 Å². The number of hydrogen-bond acceptors (Lipinski definition) is 2. The summed E-state index contributed by atoms with van der Waals surface area (Å²) >= 11 is 0. The Kier molecular flexibility index (Phi) is 3.77. The van der Waals surface area contributed by atoms with Crippen molar-refractivity contribution >= 4 is 5.91 Å². The molecule has 2 rings (SSSR count). The molecule has 0 aromatic heterocycles. The maximum absolute atomic E-state index is 13.7. The summed E-state index contributed by atoms with van der Waals surface area (Å²) in [5.41, 5.74) is 0.304. The topological polar surface area (TPSA) is 41.1 Å². The highest BCUT2D eigenvalue weighted by Crippen LogP contribution is 2.46. The van der Waals surface area contributed by atoms with Crippen LogP contribution in [-0.4, -0.2) is 19.0 Å². The van der Waals surface area contributed by atoms with Crippen LogP contribution in [0.15, 0.2) is 36.9 Å². The highest BCUT2D eigenvalue weighted by Gasteiger charge is 2.45. The molecule has 2 N–H and O–H groups in total. The van der Waals surface area contributed by atoms with Crippen molar-refractivity contribution in [1.29, 1.82) is 0 Å². The quantitative estimate of drug-likeness (QED) is 0.752. The van der Waals surface area contributed by atoms with Crippen molar-refractivity contribution in [3.63, 3.8) is 0 Å². The Labute approximate surface area is 106 Å². The van der Waals surface area contributed by atoms with Crippen molar-refractivity contribution < 1.29 is 9.18 Å². The molecule has 1 aliphatic carbocycles. The average molecular weight is 248 g/mol. The molecular formula is C14H17FN2O. The minimum absolute atomic E-state index is 0.0995. The van der Waals surface area contributed by atoms with Gasteiger partial charge in [-0.15, -0.1) is 6.58 Å². The molecule has 0 saturated heterocycles. The maximum Gasteiger partial charge on any atom is 0.234 e. The van der Waals surface area contributed by atoms with E-state index in [4.69, 9.17) is 0 Å². The van der Waals surface area contributed by atoms with Gasteiger partial charge in [0.15, 0.2) is 0 Å². The Bertz CT molecular complexity index is 455. The fourth-order valence-corrected chi connectivity index (χ4v) is 2.01. The summed E-state index contributed by atoms with van der Waals surface area (Å²) in [4.78, 5) is 11.5. The first-order valence-electron chi connectivity index (χ1n) is 6.05. The molecule has 0 heterocycles. The van der Waals surface area contributed by atoms with E-state index in [2.05, 4.69) is 17.2 Å². The molecular weight excluding hydrogens is 231 g/mol. The zero-order chi connectivity index (χ0) is 13.0. The van der Waals surface area contributed by atoms with Crippen molar-refractivity contribution in [3.8, 4) is 0 Å². The molecule has 0 spiro atoms. The molecule has 1 saturated carbocycles. The van der Waals surface area contributed by atoms with Crippen LogP contribution in [0.4, 0.5) is 4.39 Å². The Balaban J connectivity index is 1.95. The van der Waals surface area contributed by atoms with E-state index in [-0.39, 0.29) is 23.8 Å². The van der Waals surface area contributed by atoms with E-state index in [1.165, 1.54) is 6.07 Å². The van der Waals surface area contributed by atoms with Crippen molar-refractivity contribution in [2.45, 2.75) is 18.4 Å². The summed E-state index contributed by atoms with van der Waals surface area (Å²) in [5.74, 6) is -0.313. The molecule has 1 fully saturated rings. The van der Waals surface area contributed by atoms with Gasteiger partial charge in [-0.2, -0.15) is 0 Å². The van der Waals surface area contributed by atoms with E-state index in [9.17, 15) is 9.18 Å². The minimum Gasteiger partial charge on any atom is -0.352 e. The molecule has 96 valence electrons. The van der Waals surface area contributed by atoms with Crippen LogP contribution >= 0.6 is 0 Å². The summed E-state index contributed by atoms with van der Waals surface area (Å²) in [5, 5.41) is 5.84. The van der Waals surface area contributed by atoms with Gasteiger partial charge in [-0.3, -0.25) is 10.1 Å². The molecule has 18 heavy (non-hydrogen) atoms. The lowest BCUT2D eigenvalue weighted by molar-refractivity contribution is -0.120. The Morgan fingerprint density at radius 1 is 1.44 bits per heavy atom. The predicted molar refractivity (Wildman–Crippen MR) is 68.5 cm³/mol. The van der Waals surface area contributed by atoms with Gasteiger partial charge in [-0.25, -0.2) is 4.39 Å².